The molecule has 0 saturated carbocycles. The van der Waals surface area contributed by atoms with Crippen molar-refractivity contribution in [1.29, 1.82) is 0 Å². The number of carbonyl (C=O) groups excluding carboxylic acids is 1. The summed E-state index contributed by atoms with van der Waals surface area (Å²) in [5.41, 5.74) is 4.33. The summed E-state index contributed by atoms with van der Waals surface area (Å²) in [6.45, 7) is 9.40. The maximum absolute atomic E-state index is 11.8. The average Bonchev–Trinajstić information content (AvgIpc) is 2.75. The van der Waals surface area contributed by atoms with E-state index in [1.807, 2.05) is 52.0 Å². The Morgan fingerprint density at radius 2 is 1.41 bits per heavy atom. The van der Waals surface area contributed by atoms with Crippen LogP contribution in [0.5, 0.6) is 5.75 Å². The minimum absolute atomic E-state index is 0.184. The number of benzene rings is 3. The quantitative estimate of drug-likeness (QED) is 0.277. The van der Waals surface area contributed by atoms with Crippen molar-refractivity contribution in [2.75, 3.05) is 0 Å². The van der Waals surface area contributed by atoms with Gasteiger partial charge in [0.2, 0.25) is 0 Å². The number of aryl methyl sites for hydroxylation is 1. The zero-order valence-electron chi connectivity index (χ0n) is 19.2. The number of rotatable bonds is 5. The lowest BCUT2D eigenvalue weighted by Crippen LogP contribution is -2.25. The zero-order chi connectivity index (χ0) is 23.7. The lowest BCUT2D eigenvalue weighted by molar-refractivity contribution is -0.141. The number of carbonyl (C=O) groups is 1. The monoisotopic (exact) mass is 454 g/mol. The molecule has 1 N–H and O–H groups in total. The summed E-state index contributed by atoms with van der Waals surface area (Å²) in [7, 11) is -3.17. The maximum Gasteiger partial charge on any atom is 0.340 e. The third-order valence-corrected chi connectivity index (χ3v) is 5.20. The van der Waals surface area contributed by atoms with Crippen LogP contribution in [0.15, 0.2) is 78.9 Å². The summed E-state index contributed by atoms with van der Waals surface area (Å²) < 4.78 is 20.4. The molecule has 0 amide bonds. The Morgan fingerprint density at radius 3 is 1.84 bits per heavy atom. The van der Waals surface area contributed by atoms with E-state index in [2.05, 4.69) is 53.1 Å². The van der Waals surface area contributed by atoms with Crippen molar-refractivity contribution < 1.29 is 23.5 Å². The number of esters is 1. The molecule has 170 valence electrons. The summed E-state index contributed by atoms with van der Waals surface area (Å²) in [4.78, 5) is 20.5. The van der Waals surface area contributed by atoms with E-state index in [0.717, 1.165) is 11.1 Å². The second kappa shape index (κ2) is 11.8. The van der Waals surface area contributed by atoms with Crippen LogP contribution in [0, 0.1) is 6.92 Å². The van der Waals surface area contributed by atoms with Crippen LogP contribution in [-0.4, -0.2) is 17.0 Å². The molecule has 0 spiro atoms. The molecule has 5 nitrogen and oxygen atoms in total. The molecular formula is C26H31O5P. The smallest absolute Gasteiger partial charge is 0.340 e. The second-order valence-electron chi connectivity index (χ2n) is 8.43. The van der Waals surface area contributed by atoms with E-state index in [1.165, 1.54) is 18.1 Å². The Kier molecular flexibility index (Phi) is 9.40. The topological polar surface area (TPSA) is 72.8 Å². The van der Waals surface area contributed by atoms with Gasteiger partial charge in [-0.25, -0.2) is 4.79 Å². The molecule has 2 atom stereocenters. The molecule has 0 bridgehead atoms. The van der Waals surface area contributed by atoms with Crippen LogP contribution in [0.2, 0.25) is 0 Å². The standard InChI is InChI=1S/C14H21O5P.C12H10/c1-9-6-7-12(11(8-9)14(3,4)5)18-13(15)10(2)19-20(16)17;1-3-7-11(8-4-1)12-9-5-2-6-10-12/h6-8,10,20H,1-5H3,(H,16,17);1-10H. The van der Waals surface area contributed by atoms with Crippen molar-refractivity contribution >= 4 is 14.2 Å². The predicted octanol–water partition coefficient (Wildman–Crippen LogP) is 6.34. The largest absolute Gasteiger partial charge is 0.424 e. The molecule has 6 heteroatoms. The van der Waals surface area contributed by atoms with Gasteiger partial charge in [0.1, 0.15) is 5.75 Å². The Balaban J connectivity index is 0.000000255. The molecule has 0 saturated heterocycles. The van der Waals surface area contributed by atoms with E-state index in [1.54, 1.807) is 6.07 Å². The minimum atomic E-state index is -3.17. The van der Waals surface area contributed by atoms with E-state index in [4.69, 9.17) is 9.63 Å². The Morgan fingerprint density at radius 1 is 0.906 bits per heavy atom. The van der Waals surface area contributed by atoms with Crippen molar-refractivity contribution in [1.82, 2.24) is 0 Å². The van der Waals surface area contributed by atoms with Crippen LogP contribution >= 0.6 is 8.25 Å². The highest BCUT2D eigenvalue weighted by Gasteiger charge is 2.23. The summed E-state index contributed by atoms with van der Waals surface area (Å²) in [6, 6.07) is 26.3. The predicted molar refractivity (Wildman–Crippen MR) is 129 cm³/mol. The Hall–Kier alpha value is -2.72. The molecular weight excluding hydrogens is 423 g/mol. The van der Waals surface area contributed by atoms with Crippen LogP contribution in [0.1, 0.15) is 38.8 Å². The van der Waals surface area contributed by atoms with Gasteiger partial charge in [-0.1, -0.05) is 99.1 Å². The van der Waals surface area contributed by atoms with E-state index < -0.39 is 20.3 Å². The van der Waals surface area contributed by atoms with Crippen LogP contribution < -0.4 is 4.74 Å². The summed E-state index contributed by atoms with van der Waals surface area (Å²) >= 11 is 0. The fourth-order valence-electron chi connectivity index (χ4n) is 2.97. The molecule has 3 aromatic rings. The van der Waals surface area contributed by atoms with Crippen molar-refractivity contribution in [3.8, 4) is 16.9 Å². The van der Waals surface area contributed by atoms with Crippen LogP contribution in [-0.2, 0) is 19.3 Å². The SMILES string of the molecule is Cc1ccc(OC(=O)C(C)O[PH](=O)O)c(C(C)(C)C)c1.c1ccc(-c2ccccc2)cc1. The lowest BCUT2D eigenvalue weighted by atomic mass is 9.85. The molecule has 0 heterocycles. The molecule has 0 aromatic heterocycles. The Labute approximate surface area is 191 Å². The van der Waals surface area contributed by atoms with Gasteiger partial charge in [-0.05, 0) is 36.5 Å². The van der Waals surface area contributed by atoms with Gasteiger partial charge in [-0.3, -0.25) is 9.09 Å². The molecule has 0 fully saturated rings. The molecule has 2 unspecified atom stereocenters. The van der Waals surface area contributed by atoms with Gasteiger partial charge in [0, 0.05) is 5.56 Å². The average molecular weight is 455 g/mol. The first kappa shape index (κ1) is 25.5. The normalized spacial score (nSPS) is 12.8. The third-order valence-electron chi connectivity index (χ3n) is 4.64. The van der Waals surface area contributed by atoms with Gasteiger partial charge in [-0.15, -0.1) is 0 Å². The third kappa shape index (κ3) is 8.08. The van der Waals surface area contributed by atoms with Crippen LogP contribution in [0.4, 0.5) is 0 Å². The zero-order valence-corrected chi connectivity index (χ0v) is 20.2. The van der Waals surface area contributed by atoms with E-state index >= 15 is 0 Å². The summed E-state index contributed by atoms with van der Waals surface area (Å²) in [5, 5.41) is 0. The van der Waals surface area contributed by atoms with Crippen molar-refractivity contribution in [3.05, 3.63) is 90.0 Å². The van der Waals surface area contributed by atoms with E-state index in [0.29, 0.717) is 5.75 Å². The van der Waals surface area contributed by atoms with E-state index in [9.17, 15) is 9.36 Å². The molecule has 3 aromatic carbocycles. The van der Waals surface area contributed by atoms with Gasteiger partial charge >= 0.3 is 14.2 Å². The molecule has 32 heavy (non-hydrogen) atoms. The van der Waals surface area contributed by atoms with Gasteiger partial charge in [0.05, 0.1) is 0 Å². The number of hydrogen-bond acceptors (Lipinski definition) is 4. The minimum Gasteiger partial charge on any atom is -0.424 e. The molecule has 0 aliphatic heterocycles. The van der Waals surface area contributed by atoms with Gasteiger partial charge in [0.15, 0.2) is 6.10 Å². The highest BCUT2D eigenvalue weighted by Crippen LogP contribution is 2.32. The van der Waals surface area contributed by atoms with Crippen molar-refractivity contribution in [3.63, 3.8) is 0 Å². The van der Waals surface area contributed by atoms with Crippen molar-refractivity contribution in [2.45, 2.75) is 46.1 Å². The second-order valence-corrected chi connectivity index (χ2v) is 9.20. The molecule has 0 aliphatic rings. The van der Waals surface area contributed by atoms with Crippen LogP contribution in [0.25, 0.3) is 11.1 Å². The number of hydrogen-bond donors (Lipinski definition) is 1. The molecule has 0 aliphatic carbocycles. The molecule has 0 radical (unpaired) electrons. The first-order valence-corrected chi connectivity index (χ1v) is 11.7. The number of ether oxygens (including phenoxy) is 1. The highest BCUT2D eigenvalue weighted by molar-refractivity contribution is 7.32. The fraction of sp³-hybridized carbons (Fsp3) is 0.269. The highest BCUT2D eigenvalue weighted by atomic mass is 31.1. The molecule has 3 rings (SSSR count). The fourth-order valence-corrected chi connectivity index (χ4v) is 3.37. The van der Waals surface area contributed by atoms with Gasteiger partial charge in [0.25, 0.3) is 0 Å². The van der Waals surface area contributed by atoms with Gasteiger partial charge in [-0.2, -0.15) is 0 Å². The summed E-state index contributed by atoms with van der Waals surface area (Å²) in [5.74, 6) is -0.243. The maximum atomic E-state index is 11.8. The van der Waals surface area contributed by atoms with E-state index in [-0.39, 0.29) is 5.41 Å². The first-order valence-electron chi connectivity index (χ1n) is 10.4. The Bertz CT molecular complexity index is 990. The van der Waals surface area contributed by atoms with Crippen LogP contribution in [0.3, 0.4) is 0 Å². The van der Waals surface area contributed by atoms with Crippen molar-refractivity contribution in [2.24, 2.45) is 0 Å². The summed E-state index contributed by atoms with van der Waals surface area (Å²) in [6.07, 6.45) is -1.08. The van der Waals surface area contributed by atoms with Gasteiger partial charge < -0.3 is 9.63 Å². The lowest BCUT2D eigenvalue weighted by Gasteiger charge is -2.23. The first-order chi connectivity index (χ1) is 15.1.